The summed E-state index contributed by atoms with van der Waals surface area (Å²) in [5.41, 5.74) is 1.28. The molecule has 1 aliphatic carbocycles. The van der Waals surface area contributed by atoms with E-state index in [1.807, 2.05) is 12.1 Å². The molecule has 1 N–H and O–H groups in total. The number of halogens is 1. The smallest absolute Gasteiger partial charge is 0.0437 e. The molecule has 1 unspecified atom stereocenters. The molecule has 1 nitrogen and oxygen atoms in total. The van der Waals surface area contributed by atoms with Gasteiger partial charge >= 0.3 is 0 Å². The lowest BCUT2D eigenvalue weighted by atomic mass is 10.0. The molecule has 1 saturated carbocycles. The van der Waals surface area contributed by atoms with Crippen molar-refractivity contribution in [2.75, 3.05) is 6.54 Å². The van der Waals surface area contributed by atoms with Gasteiger partial charge in [-0.1, -0.05) is 36.7 Å². The molecule has 0 bridgehead atoms. The van der Waals surface area contributed by atoms with Crippen molar-refractivity contribution in [3.8, 4) is 0 Å². The van der Waals surface area contributed by atoms with Gasteiger partial charge in [0, 0.05) is 11.1 Å². The Morgan fingerprint density at radius 1 is 1.38 bits per heavy atom. The molecule has 0 saturated heterocycles. The molecule has 0 aromatic heterocycles. The number of nitrogens with one attached hydrogen (secondary N) is 1. The molecule has 0 aliphatic heterocycles. The Morgan fingerprint density at radius 2 is 2.12 bits per heavy atom. The van der Waals surface area contributed by atoms with Gasteiger partial charge in [-0.2, -0.15) is 0 Å². The minimum atomic E-state index is 0.733. The Morgan fingerprint density at radius 3 is 2.81 bits per heavy atom. The predicted molar refractivity (Wildman–Crippen MR) is 70.0 cm³/mol. The van der Waals surface area contributed by atoms with Crippen LogP contribution in [0.15, 0.2) is 24.3 Å². The Bertz CT molecular complexity index is 333. The van der Waals surface area contributed by atoms with E-state index in [0.717, 1.165) is 29.9 Å². The first-order valence-electron chi connectivity index (χ1n) is 6.22. The standard InChI is InChI=1S/C14H20ClN/c1-11(10-16-13-8-9-13)6-7-12-4-2-3-5-14(12)15/h2-5,11,13,16H,6-10H2,1H3. The maximum atomic E-state index is 6.13. The maximum absolute atomic E-state index is 6.13. The Labute approximate surface area is 103 Å². The summed E-state index contributed by atoms with van der Waals surface area (Å²) in [7, 11) is 0. The second-order valence-electron chi connectivity index (χ2n) is 4.92. The number of benzene rings is 1. The van der Waals surface area contributed by atoms with Crippen molar-refractivity contribution in [2.45, 2.75) is 38.6 Å². The van der Waals surface area contributed by atoms with Gasteiger partial charge in [0.1, 0.15) is 0 Å². The highest BCUT2D eigenvalue weighted by molar-refractivity contribution is 6.31. The summed E-state index contributed by atoms with van der Waals surface area (Å²) in [6.45, 7) is 3.46. The zero-order valence-electron chi connectivity index (χ0n) is 9.88. The van der Waals surface area contributed by atoms with Crippen LogP contribution in [-0.4, -0.2) is 12.6 Å². The lowest BCUT2D eigenvalue weighted by Crippen LogP contribution is -2.23. The second kappa shape index (κ2) is 5.70. The van der Waals surface area contributed by atoms with Gasteiger partial charge in [-0.15, -0.1) is 0 Å². The molecule has 0 amide bonds. The van der Waals surface area contributed by atoms with Crippen LogP contribution in [0.5, 0.6) is 0 Å². The molecule has 88 valence electrons. The van der Waals surface area contributed by atoms with Crippen molar-refractivity contribution in [3.05, 3.63) is 34.9 Å². The maximum Gasteiger partial charge on any atom is 0.0437 e. The molecule has 0 spiro atoms. The second-order valence-corrected chi connectivity index (χ2v) is 5.32. The molecule has 1 aromatic carbocycles. The normalized spacial score (nSPS) is 17.4. The molecule has 1 aliphatic rings. The largest absolute Gasteiger partial charge is 0.314 e. The SMILES string of the molecule is CC(CCc1ccccc1Cl)CNC1CC1. The van der Waals surface area contributed by atoms with Crippen LogP contribution in [0.2, 0.25) is 5.02 Å². The first-order chi connectivity index (χ1) is 7.75. The summed E-state index contributed by atoms with van der Waals surface area (Å²) >= 11 is 6.13. The van der Waals surface area contributed by atoms with Crippen LogP contribution in [-0.2, 0) is 6.42 Å². The van der Waals surface area contributed by atoms with Crippen molar-refractivity contribution in [1.82, 2.24) is 5.32 Å². The van der Waals surface area contributed by atoms with E-state index in [0.29, 0.717) is 0 Å². The molecular weight excluding hydrogens is 218 g/mol. The van der Waals surface area contributed by atoms with Crippen LogP contribution < -0.4 is 5.32 Å². The molecule has 16 heavy (non-hydrogen) atoms. The van der Waals surface area contributed by atoms with Crippen LogP contribution in [0.3, 0.4) is 0 Å². The van der Waals surface area contributed by atoms with Gasteiger partial charge in [-0.3, -0.25) is 0 Å². The first-order valence-corrected chi connectivity index (χ1v) is 6.60. The van der Waals surface area contributed by atoms with E-state index < -0.39 is 0 Å². The number of rotatable bonds is 6. The average Bonchev–Trinajstić information content (AvgIpc) is 3.09. The molecular formula is C14H20ClN. The van der Waals surface area contributed by atoms with Crippen molar-refractivity contribution in [1.29, 1.82) is 0 Å². The molecule has 1 fully saturated rings. The van der Waals surface area contributed by atoms with Crippen LogP contribution in [0, 0.1) is 5.92 Å². The molecule has 0 radical (unpaired) electrons. The van der Waals surface area contributed by atoms with E-state index >= 15 is 0 Å². The van der Waals surface area contributed by atoms with Gasteiger partial charge in [0.05, 0.1) is 0 Å². The minimum absolute atomic E-state index is 0.733. The van der Waals surface area contributed by atoms with Crippen molar-refractivity contribution < 1.29 is 0 Å². The fourth-order valence-electron chi connectivity index (χ4n) is 1.86. The van der Waals surface area contributed by atoms with E-state index in [1.165, 1.54) is 24.8 Å². The fourth-order valence-corrected chi connectivity index (χ4v) is 2.09. The van der Waals surface area contributed by atoms with E-state index in [-0.39, 0.29) is 0 Å². The third-order valence-corrected chi connectivity index (χ3v) is 3.57. The monoisotopic (exact) mass is 237 g/mol. The van der Waals surface area contributed by atoms with Gasteiger partial charge in [0.2, 0.25) is 0 Å². The highest BCUT2D eigenvalue weighted by Crippen LogP contribution is 2.21. The molecule has 2 rings (SSSR count). The van der Waals surface area contributed by atoms with Gasteiger partial charge in [0.15, 0.2) is 0 Å². The van der Waals surface area contributed by atoms with Crippen LogP contribution >= 0.6 is 11.6 Å². The lowest BCUT2D eigenvalue weighted by molar-refractivity contribution is 0.480. The lowest BCUT2D eigenvalue weighted by Gasteiger charge is -2.12. The Hall–Kier alpha value is -0.530. The predicted octanol–water partition coefficient (Wildman–Crippen LogP) is 3.66. The van der Waals surface area contributed by atoms with Gasteiger partial charge in [-0.25, -0.2) is 0 Å². The first kappa shape index (κ1) is 11.9. The van der Waals surface area contributed by atoms with Crippen molar-refractivity contribution in [2.24, 2.45) is 5.92 Å². The Balaban J connectivity index is 1.71. The summed E-state index contributed by atoms with van der Waals surface area (Å²) in [4.78, 5) is 0. The third-order valence-electron chi connectivity index (χ3n) is 3.20. The number of hydrogen-bond donors (Lipinski definition) is 1. The van der Waals surface area contributed by atoms with E-state index in [9.17, 15) is 0 Å². The fraction of sp³-hybridized carbons (Fsp3) is 0.571. The third kappa shape index (κ3) is 3.80. The summed E-state index contributed by atoms with van der Waals surface area (Å²) in [6, 6.07) is 8.98. The van der Waals surface area contributed by atoms with Gasteiger partial charge < -0.3 is 5.32 Å². The van der Waals surface area contributed by atoms with E-state index in [2.05, 4.69) is 24.4 Å². The number of hydrogen-bond acceptors (Lipinski definition) is 1. The summed E-state index contributed by atoms with van der Waals surface area (Å²) < 4.78 is 0. The van der Waals surface area contributed by atoms with Crippen molar-refractivity contribution in [3.63, 3.8) is 0 Å². The van der Waals surface area contributed by atoms with Crippen LogP contribution in [0.4, 0.5) is 0 Å². The van der Waals surface area contributed by atoms with E-state index in [4.69, 9.17) is 11.6 Å². The summed E-state index contributed by atoms with van der Waals surface area (Å²) in [5, 5.41) is 4.48. The zero-order chi connectivity index (χ0) is 11.4. The molecule has 0 heterocycles. The van der Waals surface area contributed by atoms with Crippen molar-refractivity contribution >= 4 is 11.6 Å². The average molecular weight is 238 g/mol. The zero-order valence-corrected chi connectivity index (χ0v) is 10.6. The highest BCUT2D eigenvalue weighted by atomic mass is 35.5. The summed E-state index contributed by atoms with van der Waals surface area (Å²) in [5.74, 6) is 0.733. The Kier molecular flexibility index (Phi) is 4.25. The molecule has 1 aromatic rings. The molecule has 2 heteroatoms. The van der Waals surface area contributed by atoms with Gasteiger partial charge in [0.25, 0.3) is 0 Å². The quantitative estimate of drug-likeness (QED) is 0.796. The van der Waals surface area contributed by atoms with Gasteiger partial charge in [-0.05, 0) is 49.8 Å². The number of aryl methyl sites for hydroxylation is 1. The summed E-state index contributed by atoms with van der Waals surface area (Å²) in [6.07, 6.45) is 5.05. The molecule has 1 atom stereocenters. The van der Waals surface area contributed by atoms with Crippen LogP contribution in [0.25, 0.3) is 0 Å². The highest BCUT2D eigenvalue weighted by Gasteiger charge is 2.20. The minimum Gasteiger partial charge on any atom is -0.314 e. The topological polar surface area (TPSA) is 12.0 Å². The van der Waals surface area contributed by atoms with E-state index in [1.54, 1.807) is 0 Å². The van der Waals surface area contributed by atoms with Crippen LogP contribution in [0.1, 0.15) is 31.7 Å².